The summed E-state index contributed by atoms with van der Waals surface area (Å²) in [4.78, 5) is 25.1. The third-order valence-electron chi connectivity index (χ3n) is 6.29. The molecule has 2 rings (SSSR count). The molecule has 0 amide bonds. The van der Waals surface area contributed by atoms with E-state index in [1.807, 2.05) is 24.3 Å². The number of unbranched alkanes of at least 4 members (excludes halogenated alkanes) is 8. The van der Waals surface area contributed by atoms with Crippen molar-refractivity contribution in [3.63, 3.8) is 0 Å². The van der Waals surface area contributed by atoms with Crippen LogP contribution in [-0.4, -0.2) is 25.2 Å². The molecule has 0 spiro atoms. The van der Waals surface area contributed by atoms with Crippen molar-refractivity contribution < 1.29 is 23.8 Å². The van der Waals surface area contributed by atoms with Crippen molar-refractivity contribution in [3.8, 4) is 5.75 Å². The maximum Gasteiger partial charge on any atom is 0.335 e. The fraction of sp³-hybridized carbons (Fsp3) is 0.615. The number of cyclic esters (lactones) is 1. The van der Waals surface area contributed by atoms with E-state index in [2.05, 4.69) is 13.5 Å². The van der Waals surface area contributed by atoms with Crippen molar-refractivity contribution in [2.45, 2.75) is 90.8 Å². The second-order valence-corrected chi connectivity index (χ2v) is 8.62. The number of rotatable bonds is 14. The Morgan fingerprint density at radius 1 is 1.03 bits per heavy atom. The minimum absolute atomic E-state index is 0.130. The molecule has 0 N–H and O–H groups in total. The molecule has 0 saturated carbocycles. The van der Waals surface area contributed by atoms with Gasteiger partial charge in [0.15, 0.2) is 0 Å². The van der Waals surface area contributed by atoms with Crippen molar-refractivity contribution in [1.82, 2.24) is 0 Å². The molecule has 1 aromatic rings. The summed E-state index contributed by atoms with van der Waals surface area (Å²) in [6.07, 6.45) is 11.1. The maximum absolute atomic E-state index is 13.0. The molecular weight excluding hydrogens is 392 g/mol. The Labute approximate surface area is 187 Å². The lowest BCUT2D eigenvalue weighted by Gasteiger charge is -2.27. The Morgan fingerprint density at radius 2 is 1.61 bits per heavy atom. The molecule has 1 aliphatic rings. The van der Waals surface area contributed by atoms with Crippen LogP contribution in [0.3, 0.4) is 0 Å². The summed E-state index contributed by atoms with van der Waals surface area (Å²) in [5, 5.41) is 0. The van der Waals surface area contributed by atoms with E-state index >= 15 is 0 Å². The lowest BCUT2D eigenvalue weighted by Crippen LogP contribution is -2.38. The van der Waals surface area contributed by atoms with E-state index in [9.17, 15) is 9.59 Å². The highest BCUT2D eigenvalue weighted by Crippen LogP contribution is 2.43. The normalized spacial score (nSPS) is 20.5. The molecular formula is C26H38O5. The summed E-state index contributed by atoms with van der Waals surface area (Å²) in [5.74, 6) is -0.212. The van der Waals surface area contributed by atoms with Gasteiger partial charge in [-0.1, -0.05) is 77.0 Å². The smallest absolute Gasteiger partial charge is 0.335 e. The first-order chi connectivity index (χ1) is 14.9. The van der Waals surface area contributed by atoms with E-state index in [1.54, 1.807) is 14.0 Å². The minimum Gasteiger partial charge on any atom is -0.497 e. The molecule has 1 aliphatic heterocycles. The van der Waals surface area contributed by atoms with Gasteiger partial charge in [0.2, 0.25) is 0 Å². The fourth-order valence-electron chi connectivity index (χ4n) is 3.99. The van der Waals surface area contributed by atoms with E-state index < -0.39 is 23.5 Å². The second-order valence-electron chi connectivity index (χ2n) is 8.62. The van der Waals surface area contributed by atoms with Crippen LogP contribution in [0.5, 0.6) is 5.75 Å². The first-order valence-electron chi connectivity index (χ1n) is 11.6. The van der Waals surface area contributed by atoms with Gasteiger partial charge in [0.05, 0.1) is 12.7 Å². The molecule has 172 valence electrons. The van der Waals surface area contributed by atoms with Crippen molar-refractivity contribution in [2.75, 3.05) is 7.11 Å². The number of esters is 2. The molecule has 1 saturated heterocycles. The second kappa shape index (κ2) is 12.5. The van der Waals surface area contributed by atoms with Crippen molar-refractivity contribution in [3.05, 3.63) is 42.0 Å². The van der Waals surface area contributed by atoms with Gasteiger partial charge in [0, 0.05) is 0 Å². The average Bonchev–Trinajstić information content (AvgIpc) is 3.01. The Bertz CT molecular complexity index is 724. The van der Waals surface area contributed by atoms with Gasteiger partial charge in [0.25, 0.3) is 0 Å². The van der Waals surface area contributed by atoms with Crippen molar-refractivity contribution in [2.24, 2.45) is 5.41 Å². The predicted molar refractivity (Wildman–Crippen MR) is 122 cm³/mol. The topological polar surface area (TPSA) is 61.8 Å². The molecule has 0 aromatic heterocycles. The van der Waals surface area contributed by atoms with Gasteiger partial charge in [0.1, 0.15) is 23.9 Å². The fourth-order valence-corrected chi connectivity index (χ4v) is 3.99. The van der Waals surface area contributed by atoms with E-state index in [0.717, 1.165) is 24.2 Å². The lowest BCUT2D eigenvalue weighted by atomic mass is 9.78. The molecule has 0 aliphatic carbocycles. The summed E-state index contributed by atoms with van der Waals surface area (Å²) in [5.41, 5.74) is -0.0961. The zero-order valence-corrected chi connectivity index (χ0v) is 19.4. The summed E-state index contributed by atoms with van der Waals surface area (Å²) < 4.78 is 16.2. The molecule has 1 heterocycles. The van der Waals surface area contributed by atoms with E-state index in [0.29, 0.717) is 6.42 Å². The molecule has 1 aromatic carbocycles. The zero-order valence-electron chi connectivity index (χ0n) is 19.4. The van der Waals surface area contributed by atoms with Gasteiger partial charge in [-0.2, -0.15) is 0 Å². The monoisotopic (exact) mass is 430 g/mol. The maximum atomic E-state index is 13.0. The Hall–Kier alpha value is -2.30. The van der Waals surface area contributed by atoms with Crippen LogP contribution in [0, 0.1) is 5.41 Å². The van der Waals surface area contributed by atoms with Crippen LogP contribution in [0.1, 0.15) is 83.6 Å². The van der Waals surface area contributed by atoms with Crippen molar-refractivity contribution >= 4 is 11.9 Å². The van der Waals surface area contributed by atoms with Crippen LogP contribution in [0.2, 0.25) is 0 Å². The van der Waals surface area contributed by atoms with Gasteiger partial charge < -0.3 is 14.2 Å². The summed E-state index contributed by atoms with van der Waals surface area (Å²) in [6.45, 7) is 7.91. The molecule has 5 nitrogen and oxygen atoms in total. The van der Waals surface area contributed by atoms with Crippen LogP contribution in [0.15, 0.2) is 36.4 Å². The van der Waals surface area contributed by atoms with Crippen LogP contribution >= 0.6 is 0 Å². The number of methoxy groups -OCH3 is 1. The van der Waals surface area contributed by atoms with E-state index in [1.165, 1.54) is 44.9 Å². The van der Waals surface area contributed by atoms with Gasteiger partial charge >= 0.3 is 11.9 Å². The number of hydrogen-bond acceptors (Lipinski definition) is 5. The van der Waals surface area contributed by atoms with Crippen LogP contribution < -0.4 is 4.74 Å². The standard InChI is InChI=1S/C26H38O5/c1-5-6-7-8-9-10-11-12-13-14-23-26(3,20(2)24(27)31-23)25(28)30-19-21-15-17-22(29-4)18-16-21/h15-18,23H,2,5-14,19H2,1,3-4H3/t23-,26-/m0/s1. The highest BCUT2D eigenvalue weighted by Gasteiger charge is 2.55. The van der Waals surface area contributed by atoms with E-state index in [-0.39, 0.29) is 12.2 Å². The average molecular weight is 431 g/mol. The van der Waals surface area contributed by atoms with Crippen LogP contribution in [0.25, 0.3) is 0 Å². The highest BCUT2D eigenvalue weighted by molar-refractivity contribution is 6.00. The number of hydrogen-bond donors (Lipinski definition) is 0. The van der Waals surface area contributed by atoms with Crippen LogP contribution in [-0.2, 0) is 25.7 Å². The molecule has 0 unspecified atom stereocenters. The first-order valence-corrected chi connectivity index (χ1v) is 11.6. The van der Waals surface area contributed by atoms with Gasteiger partial charge in [-0.25, -0.2) is 4.79 Å². The van der Waals surface area contributed by atoms with Gasteiger partial charge in [-0.3, -0.25) is 4.79 Å². The molecule has 0 radical (unpaired) electrons. The molecule has 5 heteroatoms. The Kier molecular flexibility index (Phi) is 10.1. The Balaban J connectivity index is 1.81. The minimum atomic E-state index is -1.14. The van der Waals surface area contributed by atoms with Crippen LogP contribution in [0.4, 0.5) is 0 Å². The summed E-state index contributed by atoms with van der Waals surface area (Å²) >= 11 is 0. The predicted octanol–water partition coefficient (Wildman–Crippen LogP) is 6.15. The molecule has 0 bridgehead atoms. The largest absolute Gasteiger partial charge is 0.497 e. The zero-order chi connectivity index (χ0) is 22.7. The quantitative estimate of drug-likeness (QED) is 0.201. The number of ether oxygens (including phenoxy) is 3. The number of benzene rings is 1. The highest BCUT2D eigenvalue weighted by atomic mass is 16.6. The Morgan fingerprint density at radius 3 is 2.19 bits per heavy atom. The van der Waals surface area contributed by atoms with Gasteiger partial charge in [-0.15, -0.1) is 0 Å². The van der Waals surface area contributed by atoms with E-state index in [4.69, 9.17) is 14.2 Å². The summed E-state index contributed by atoms with van der Waals surface area (Å²) in [6, 6.07) is 7.33. The number of carbonyl (C=O) groups excluding carboxylic acids is 2. The summed E-state index contributed by atoms with van der Waals surface area (Å²) in [7, 11) is 1.60. The third kappa shape index (κ3) is 6.84. The van der Waals surface area contributed by atoms with Crippen molar-refractivity contribution in [1.29, 1.82) is 0 Å². The number of carbonyl (C=O) groups is 2. The first kappa shape index (κ1) is 25.0. The SMILES string of the molecule is C=C1C(=O)O[C@@H](CCCCCCCCCCC)[C@@]1(C)C(=O)OCc1ccc(OC)cc1. The molecule has 1 fully saturated rings. The molecule has 31 heavy (non-hydrogen) atoms. The third-order valence-corrected chi connectivity index (χ3v) is 6.29. The lowest BCUT2D eigenvalue weighted by molar-refractivity contribution is -0.158. The van der Waals surface area contributed by atoms with Gasteiger partial charge in [-0.05, 0) is 37.5 Å². The molecule has 2 atom stereocenters.